The molecule has 0 saturated heterocycles. The van der Waals surface area contributed by atoms with Crippen LogP contribution in [0.25, 0.3) is 0 Å². The number of ether oxygens (including phenoxy) is 2. The highest BCUT2D eigenvalue weighted by atomic mass is 16.6. The molecule has 0 aliphatic heterocycles. The van der Waals surface area contributed by atoms with Crippen molar-refractivity contribution >= 4 is 29.8 Å². The molecule has 4 N–H and O–H groups in total. The summed E-state index contributed by atoms with van der Waals surface area (Å²) in [5, 5.41) is 5.43. The fraction of sp³-hybridized carbons (Fsp3) is 0.514. The van der Waals surface area contributed by atoms with Crippen molar-refractivity contribution in [1.82, 2.24) is 15.5 Å². The number of esters is 1. The lowest BCUT2D eigenvalue weighted by atomic mass is 9.98. The van der Waals surface area contributed by atoms with Crippen molar-refractivity contribution in [1.29, 1.82) is 0 Å². The topological polar surface area (TPSA) is 157 Å². The number of nitrogens with one attached hydrogen (secondary N) is 2. The molecular weight excluding hydrogens is 588 g/mol. The molecule has 4 amide bonds. The van der Waals surface area contributed by atoms with Crippen molar-refractivity contribution in [3.8, 4) is 0 Å². The molecule has 3 unspecified atom stereocenters. The number of aryl methyl sites for hydroxylation is 1. The van der Waals surface area contributed by atoms with E-state index in [1.165, 1.54) is 4.90 Å². The average molecular weight is 639 g/mol. The van der Waals surface area contributed by atoms with Crippen LogP contribution < -0.4 is 16.4 Å². The lowest BCUT2D eigenvalue weighted by Gasteiger charge is -2.38. The predicted molar refractivity (Wildman–Crippen MR) is 175 cm³/mol. The van der Waals surface area contributed by atoms with E-state index in [-0.39, 0.29) is 19.3 Å². The van der Waals surface area contributed by atoms with Crippen LogP contribution in [0.3, 0.4) is 0 Å². The van der Waals surface area contributed by atoms with E-state index in [0.717, 1.165) is 11.1 Å². The Morgan fingerprint density at radius 3 is 1.87 bits per heavy atom. The molecule has 11 heteroatoms. The molecule has 11 nitrogen and oxygen atoms in total. The third kappa shape index (κ3) is 12.5. The minimum absolute atomic E-state index is 0.118. The zero-order chi connectivity index (χ0) is 34.8. The zero-order valence-corrected chi connectivity index (χ0v) is 28.5. The van der Waals surface area contributed by atoms with Gasteiger partial charge in [0.1, 0.15) is 29.3 Å². The van der Waals surface area contributed by atoms with Gasteiger partial charge in [0.25, 0.3) is 0 Å². The van der Waals surface area contributed by atoms with Crippen LogP contribution in [0.15, 0.2) is 54.6 Å². The highest BCUT2D eigenvalue weighted by molar-refractivity contribution is 5.94. The third-order valence-electron chi connectivity index (χ3n) is 6.69. The number of nitrogens with zero attached hydrogens (tertiary/aromatic N) is 1. The zero-order valence-electron chi connectivity index (χ0n) is 28.5. The summed E-state index contributed by atoms with van der Waals surface area (Å²) in [6.45, 7) is 15.6. The van der Waals surface area contributed by atoms with Gasteiger partial charge in [-0.15, -0.1) is 0 Å². The lowest BCUT2D eigenvalue weighted by molar-refractivity contribution is -0.159. The number of primary amides is 1. The predicted octanol–water partition coefficient (Wildman–Crippen LogP) is 4.50. The molecule has 0 aliphatic rings. The van der Waals surface area contributed by atoms with E-state index in [1.807, 2.05) is 49.4 Å². The van der Waals surface area contributed by atoms with Gasteiger partial charge >= 0.3 is 12.1 Å². The number of carbonyl (C=O) groups is 5. The highest BCUT2D eigenvalue weighted by Gasteiger charge is 2.39. The molecule has 0 aromatic heterocycles. The van der Waals surface area contributed by atoms with Gasteiger partial charge in [-0.1, -0.05) is 60.2 Å². The van der Waals surface area contributed by atoms with Gasteiger partial charge in [0, 0.05) is 18.9 Å². The Balaban J connectivity index is 2.59. The molecule has 3 atom stereocenters. The van der Waals surface area contributed by atoms with Crippen LogP contribution in [-0.4, -0.2) is 64.0 Å². The maximum atomic E-state index is 14.3. The van der Waals surface area contributed by atoms with E-state index in [1.54, 1.807) is 67.5 Å². The standard InChI is InChI=1S/C35H50N4O7/c1-22(2)39(31(42)26(19-20-28(36)40)38-33(44)46-35(7,8)9)29(25-17-15-23(3)16-18-25)30(41)37-27(32(43)45-34(4,5)6)21-24-13-11-10-12-14-24/h10-18,22,26-27,29H,19-21H2,1-9H3,(H2,36,40)(H,37,41)(H,38,44). The van der Waals surface area contributed by atoms with Crippen molar-refractivity contribution in [3.05, 3.63) is 71.3 Å². The molecular formula is C35H50N4O7. The summed E-state index contributed by atoms with van der Waals surface area (Å²) in [5.74, 6) is -2.53. The fourth-order valence-electron chi connectivity index (χ4n) is 4.71. The van der Waals surface area contributed by atoms with Crippen molar-refractivity contribution in [3.63, 3.8) is 0 Å². The first-order valence-corrected chi connectivity index (χ1v) is 15.5. The lowest BCUT2D eigenvalue weighted by Crippen LogP contribution is -2.56. The molecule has 0 saturated carbocycles. The largest absolute Gasteiger partial charge is 0.458 e. The fourth-order valence-corrected chi connectivity index (χ4v) is 4.71. The second kappa shape index (κ2) is 16.2. The number of benzene rings is 2. The molecule has 0 radical (unpaired) electrons. The van der Waals surface area contributed by atoms with Crippen molar-refractivity contribution in [2.45, 2.75) is 117 Å². The van der Waals surface area contributed by atoms with Gasteiger partial charge in [-0.3, -0.25) is 14.4 Å². The molecule has 0 aliphatic carbocycles. The number of hydrogen-bond acceptors (Lipinski definition) is 7. The van der Waals surface area contributed by atoms with E-state index in [0.29, 0.717) is 5.56 Å². The maximum absolute atomic E-state index is 14.3. The second-order valence-corrected chi connectivity index (χ2v) is 13.6. The quantitative estimate of drug-likeness (QED) is 0.273. The van der Waals surface area contributed by atoms with Crippen molar-refractivity contribution < 1.29 is 33.4 Å². The van der Waals surface area contributed by atoms with Gasteiger partial charge < -0.3 is 30.7 Å². The molecule has 2 rings (SSSR count). The van der Waals surface area contributed by atoms with Gasteiger partial charge in [0.2, 0.25) is 17.7 Å². The summed E-state index contributed by atoms with van der Waals surface area (Å²) in [7, 11) is 0. The molecule has 0 spiro atoms. The van der Waals surface area contributed by atoms with Crippen LogP contribution in [0.1, 0.15) is 91.0 Å². The maximum Gasteiger partial charge on any atom is 0.408 e. The number of nitrogens with two attached hydrogens (primary N) is 1. The number of alkyl carbamates (subject to hydrolysis) is 1. The van der Waals surface area contributed by atoms with E-state index in [4.69, 9.17) is 15.2 Å². The van der Waals surface area contributed by atoms with E-state index in [2.05, 4.69) is 10.6 Å². The van der Waals surface area contributed by atoms with Gasteiger partial charge in [-0.05, 0) is 79.9 Å². The van der Waals surface area contributed by atoms with Crippen LogP contribution in [-0.2, 0) is 35.1 Å². The first kappa shape index (κ1) is 37.8. The van der Waals surface area contributed by atoms with E-state index < -0.39 is 65.2 Å². The van der Waals surface area contributed by atoms with Crippen LogP contribution in [0.4, 0.5) is 4.79 Å². The average Bonchev–Trinajstić information content (AvgIpc) is 2.92. The Morgan fingerprint density at radius 2 is 1.37 bits per heavy atom. The first-order valence-electron chi connectivity index (χ1n) is 15.5. The summed E-state index contributed by atoms with van der Waals surface area (Å²) in [6.07, 6.45) is -1.02. The number of amides is 4. The number of carbonyl (C=O) groups excluding carboxylic acids is 5. The number of rotatable bonds is 13. The highest BCUT2D eigenvalue weighted by Crippen LogP contribution is 2.27. The van der Waals surface area contributed by atoms with Gasteiger partial charge in [-0.25, -0.2) is 9.59 Å². The molecule has 2 aromatic carbocycles. The summed E-state index contributed by atoms with van der Waals surface area (Å²) in [4.78, 5) is 67.9. The molecule has 0 bridgehead atoms. The summed E-state index contributed by atoms with van der Waals surface area (Å²) in [5.41, 5.74) is 5.96. The Kier molecular flexibility index (Phi) is 13.3. The molecule has 252 valence electrons. The Bertz CT molecular complexity index is 1350. The Hall–Kier alpha value is -4.41. The van der Waals surface area contributed by atoms with Gasteiger partial charge in [0.15, 0.2) is 0 Å². The minimum atomic E-state index is -1.24. The van der Waals surface area contributed by atoms with E-state index >= 15 is 0 Å². The SMILES string of the molecule is Cc1ccc(C(C(=O)NC(Cc2ccccc2)C(=O)OC(C)(C)C)N(C(=O)C(CCC(N)=O)NC(=O)OC(C)(C)C)C(C)C)cc1. The van der Waals surface area contributed by atoms with Crippen LogP contribution in [0.2, 0.25) is 0 Å². The summed E-state index contributed by atoms with van der Waals surface area (Å²) >= 11 is 0. The smallest absolute Gasteiger partial charge is 0.408 e. The van der Waals surface area contributed by atoms with Crippen LogP contribution >= 0.6 is 0 Å². The van der Waals surface area contributed by atoms with Crippen molar-refractivity contribution in [2.75, 3.05) is 0 Å². The second-order valence-electron chi connectivity index (χ2n) is 13.6. The first-order chi connectivity index (χ1) is 21.3. The summed E-state index contributed by atoms with van der Waals surface area (Å²) < 4.78 is 11.0. The minimum Gasteiger partial charge on any atom is -0.458 e. The Morgan fingerprint density at radius 1 is 0.804 bits per heavy atom. The molecule has 2 aromatic rings. The Labute approximate surface area is 272 Å². The normalized spacial score (nSPS) is 13.6. The molecule has 46 heavy (non-hydrogen) atoms. The summed E-state index contributed by atoms with van der Waals surface area (Å²) in [6, 6.07) is 12.2. The van der Waals surface area contributed by atoms with Gasteiger partial charge in [-0.2, -0.15) is 0 Å². The van der Waals surface area contributed by atoms with Crippen LogP contribution in [0, 0.1) is 6.92 Å². The van der Waals surface area contributed by atoms with Crippen LogP contribution in [0.5, 0.6) is 0 Å². The van der Waals surface area contributed by atoms with Crippen molar-refractivity contribution in [2.24, 2.45) is 5.73 Å². The molecule has 0 heterocycles. The monoisotopic (exact) mass is 638 g/mol. The molecule has 0 fully saturated rings. The van der Waals surface area contributed by atoms with E-state index in [9.17, 15) is 24.0 Å². The third-order valence-corrected chi connectivity index (χ3v) is 6.69. The van der Waals surface area contributed by atoms with Gasteiger partial charge in [0.05, 0.1) is 0 Å². The number of hydrogen-bond donors (Lipinski definition) is 3.